The van der Waals surface area contributed by atoms with E-state index in [1.54, 1.807) is 12.3 Å². The molecule has 100 valence electrons. The highest BCUT2D eigenvalue weighted by Crippen LogP contribution is 2.42. The van der Waals surface area contributed by atoms with Crippen LogP contribution >= 0.6 is 11.8 Å². The van der Waals surface area contributed by atoms with Crippen molar-refractivity contribution in [3.63, 3.8) is 0 Å². The summed E-state index contributed by atoms with van der Waals surface area (Å²) in [5.41, 5.74) is 0. The minimum Gasteiger partial charge on any atom is -0.475 e. The van der Waals surface area contributed by atoms with Crippen LogP contribution in [0.15, 0.2) is 12.3 Å². The lowest BCUT2D eigenvalue weighted by Crippen LogP contribution is -2.40. The molecule has 1 saturated carbocycles. The molecule has 0 radical (unpaired) electrons. The molecule has 2 rings (SSSR count). The average Bonchev–Trinajstić information content (AvgIpc) is 2.28. The van der Waals surface area contributed by atoms with Gasteiger partial charge < -0.3 is 10.1 Å². The SMILES string of the molecule is CSC1(CNc2nccc(OC(C)C)n2)CCC1. The second-order valence-electron chi connectivity index (χ2n) is 4.98. The van der Waals surface area contributed by atoms with Gasteiger partial charge in [0.05, 0.1) is 6.10 Å². The molecule has 1 aromatic rings. The highest BCUT2D eigenvalue weighted by atomic mass is 32.2. The molecule has 0 aromatic carbocycles. The van der Waals surface area contributed by atoms with Gasteiger partial charge in [0.15, 0.2) is 0 Å². The fourth-order valence-corrected chi connectivity index (χ4v) is 2.91. The Labute approximate surface area is 113 Å². The van der Waals surface area contributed by atoms with Crippen molar-refractivity contribution >= 4 is 17.7 Å². The van der Waals surface area contributed by atoms with Crippen LogP contribution in [-0.4, -0.2) is 33.6 Å². The normalized spacial score (nSPS) is 17.3. The van der Waals surface area contributed by atoms with Crippen LogP contribution in [0.3, 0.4) is 0 Å². The van der Waals surface area contributed by atoms with E-state index in [4.69, 9.17) is 4.74 Å². The lowest BCUT2D eigenvalue weighted by molar-refractivity contribution is 0.232. The van der Waals surface area contributed by atoms with E-state index in [1.807, 2.05) is 25.6 Å². The minimum atomic E-state index is 0.136. The van der Waals surface area contributed by atoms with E-state index in [2.05, 4.69) is 21.5 Å². The Morgan fingerprint density at radius 2 is 2.28 bits per heavy atom. The predicted molar refractivity (Wildman–Crippen MR) is 76.4 cm³/mol. The molecule has 1 aromatic heterocycles. The molecule has 1 fully saturated rings. The molecule has 0 unspecified atom stereocenters. The summed E-state index contributed by atoms with van der Waals surface area (Å²) in [6.07, 6.45) is 7.95. The average molecular weight is 267 g/mol. The third-order valence-corrected chi connectivity index (χ3v) is 4.67. The van der Waals surface area contributed by atoms with E-state index in [9.17, 15) is 0 Å². The lowest BCUT2D eigenvalue weighted by Gasteiger charge is -2.40. The zero-order valence-corrected chi connectivity index (χ0v) is 12.1. The molecule has 4 nitrogen and oxygen atoms in total. The fourth-order valence-electron chi connectivity index (χ4n) is 2.00. The topological polar surface area (TPSA) is 47.0 Å². The first-order chi connectivity index (χ1) is 8.63. The van der Waals surface area contributed by atoms with Crippen LogP contribution in [0.4, 0.5) is 5.95 Å². The second kappa shape index (κ2) is 5.78. The summed E-state index contributed by atoms with van der Waals surface area (Å²) in [5.74, 6) is 1.29. The molecule has 0 atom stereocenters. The van der Waals surface area contributed by atoms with Crippen molar-refractivity contribution in [2.24, 2.45) is 0 Å². The molecule has 1 N–H and O–H groups in total. The maximum atomic E-state index is 5.56. The van der Waals surface area contributed by atoms with Gasteiger partial charge in [0, 0.05) is 23.6 Å². The number of aromatic nitrogens is 2. The van der Waals surface area contributed by atoms with Crippen molar-refractivity contribution in [2.45, 2.75) is 44.0 Å². The van der Waals surface area contributed by atoms with Gasteiger partial charge in [-0.05, 0) is 32.9 Å². The molecule has 0 spiro atoms. The van der Waals surface area contributed by atoms with Gasteiger partial charge in [-0.25, -0.2) is 4.98 Å². The Morgan fingerprint density at radius 3 is 2.83 bits per heavy atom. The molecular formula is C13H21N3OS. The molecule has 0 aliphatic heterocycles. The van der Waals surface area contributed by atoms with E-state index < -0.39 is 0 Å². The molecular weight excluding hydrogens is 246 g/mol. The first-order valence-electron chi connectivity index (χ1n) is 6.42. The Bertz CT molecular complexity index is 388. The van der Waals surface area contributed by atoms with Crippen LogP contribution in [0.2, 0.25) is 0 Å². The zero-order chi connectivity index (χ0) is 13.0. The Morgan fingerprint density at radius 1 is 1.50 bits per heavy atom. The van der Waals surface area contributed by atoms with Crippen LogP contribution in [0.5, 0.6) is 5.88 Å². The summed E-state index contributed by atoms with van der Waals surface area (Å²) in [7, 11) is 0. The Hall–Kier alpha value is -0.970. The smallest absolute Gasteiger partial charge is 0.225 e. The summed E-state index contributed by atoms with van der Waals surface area (Å²) in [6, 6.07) is 1.79. The highest BCUT2D eigenvalue weighted by Gasteiger charge is 2.35. The first-order valence-corrected chi connectivity index (χ1v) is 7.65. The molecule has 0 saturated heterocycles. The highest BCUT2D eigenvalue weighted by molar-refractivity contribution is 8.00. The summed E-state index contributed by atoms with van der Waals surface area (Å²) in [5, 5.41) is 3.33. The van der Waals surface area contributed by atoms with Gasteiger partial charge >= 0.3 is 0 Å². The van der Waals surface area contributed by atoms with E-state index in [1.165, 1.54) is 19.3 Å². The first kappa shape index (κ1) is 13.5. The Balaban J connectivity index is 1.92. The number of hydrogen-bond acceptors (Lipinski definition) is 5. The van der Waals surface area contributed by atoms with Gasteiger partial charge in [0.25, 0.3) is 0 Å². The van der Waals surface area contributed by atoms with Crippen LogP contribution in [-0.2, 0) is 0 Å². The molecule has 1 aliphatic carbocycles. The van der Waals surface area contributed by atoms with E-state index in [0.717, 1.165) is 6.54 Å². The van der Waals surface area contributed by atoms with E-state index in [-0.39, 0.29) is 6.10 Å². The Kier molecular flexibility index (Phi) is 4.32. The summed E-state index contributed by atoms with van der Waals surface area (Å²) in [4.78, 5) is 8.59. The van der Waals surface area contributed by atoms with Gasteiger partial charge in [-0.1, -0.05) is 6.42 Å². The van der Waals surface area contributed by atoms with Crippen molar-refractivity contribution in [2.75, 3.05) is 18.1 Å². The van der Waals surface area contributed by atoms with Gasteiger partial charge in [0.1, 0.15) is 0 Å². The van der Waals surface area contributed by atoms with Crippen molar-refractivity contribution in [3.05, 3.63) is 12.3 Å². The van der Waals surface area contributed by atoms with Crippen LogP contribution in [0.1, 0.15) is 33.1 Å². The van der Waals surface area contributed by atoms with Crippen LogP contribution in [0.25, 0.3) is 0 Å². The maximum absolute atomic E-state index is 5.56. The molecule has 18 heavy (non-hydrogen) atoms. The molecule has 5 heteroatoms. The molecule has 0 amide bonds. The monoisotopic (exact) mass is 267 g/mol. The van der Waals surface area contributed by atoms with Crippen molar-refractivity contribution in [1.29, 1.82) is 0 Å². The molecule has 1 heterocycles. The number of anilines is 1. The van der Waals surface area contributed by atoms with Crippen molar-refractivity contribution in [3.8, 4) is 5.88 Å². The van der Waals surface area contributed by atoms with Gasteiger partial charge in [0.2, 0.25) is 11.8 Å². The number of thioether (sulfide) groups is 1. The number of ether oxygens (including phenoxy) is 1. The summed E-state index contributed by atoms with van der Waals surface area (Å²) >= 11 is 1.94. The summed E-state index contributed by atoms with van der Waals surface area (Å²) < 4.78 is 5.94. The third-order valence-electron chi connectivity index (χ3n) is 3.25. The largest absolute Gasteiger partial charge is 0.475 e. The summed E-state index contributed by atoms with van der Waals surface area (Å²) in [6.45, 7) is 4.91. The second-order valence-corrected chi connectivity index (χ2v) is 6.25. The molecule has 0 bridgehead atoms. The van der Waals surface area contributed by atoms with E-state index >= 15 is 0 Å². The van der Waals surface area contributed by atoms with E-state index in [0.29, 0.717) is 16.6 Å². The number of nitrogens with zero attached hydrogens (tertiary/aromatic N) is 2. The number of hydrogen-bond donors (Lipinski definition) is 1. The van der Waals surface area contributed by atoms with Crippen LogP contribution < -0.4 is 10.1 Å². The van der Waals surface area contributed by atoms with Crippen molar-refractivity contribution < 1.29 is 4.74 Å². The predicted octanol–water partition coefficient (Wildman–Crippen LogP) is 2.96. The number of rotatable bonds is 6. The fraction of sp³-hybridized carbons (Fsp3) is 0.692. The third kappa shape index (κ3) is 3.28. The number of nitrogens with one attached hydrogen (secondary N) is 1. The van der Waals surface area contributed by atoms with Crippen LogP contribution in [0, 0.1) is 0 Å². The maximum Gasteiger partial charge on any atom is 0.225 e. The van der Waals surface area contributed by atoms with Gasteiger partial charge in [-0.3, -0.25) is 0 Å². The van der Waals surface area contributed by atoms with Gasteiger partial charge in [-0.15, -0.1) is 0 Å². The van der Waals surface area contributed by atoms with Gasteiger partial charge in [-0.2, -0.15) is 16.7 Å². The van der Waals surface area contributed by atoms with Crippen molar-refractivity contribution in [1.82, 2.24) is 9.97 Å². The minimum absolute atomic E-state index is 0.136. The standard InChI is InChI=1S/C13H21N3OS/c1-10(2)17-11-5-8-14-12(16-11)15-9-13(18-3)6-4-7-13/h5,8,10H,4,6-7,9H2,1-3H3,(H,14,15,16). The lowest BCUT2D eigenvalue weighted by atomic mass is 9.84. The molecule has 1 aliphatic rings. The zero-order valence-electron chi connectivity index (χ0n) is 11.3. The quantitative estimate of drug-likeness (QED) is 0.858.